The van der Waals surface area contributed by atoms with E-state index in [2.05, 4.69) is 20.5 Å². The standard InChI is InChI=1S/C15H14Cl2N4OS/c1-9-6-10(2)20-15(19-9)23-8-14(22)21-18-7-11-12(16)4-3-5-13(11)17/h3-7H,8H2,1-2H3,(H,21,22)/b18-7-. The Balaban J connectivity index is 1.89. The van der Waals surface area contributed by atoms with Gasteiger partial charge in [-0.05, 0) is 32.0 Å². The Morgan fingerprint density at radius 1 is 1.26 bits per heavy atom. The number of hydrazone groups is 1. The number of nitrogens with zero attached hydrogens (tertiary/aromatic N) is 3. The minimum atomic E-state index is -0.266. The fraction of sp³-hybridized carbons (Fsp3) is 0.200. The summed E-state index contributed by atoms with van der Waals surface area (Å²) >= 11 is 13.3. The first-order valence-electron chi connectivity index (χ1n) is 6.66. The minimum absolute atomic E-state index is 0.163. The third-order valence-corrected chi connectivity index (χ3v) is 4.18. The quantitative estimate of drug-likeness (QED) is 0.378. The second kappa shape index (κ2) is 8.29. The van der Waals surface area contributed by atoms with E-state index in [0.717, 1.165) is 11.4 Å². The van der Waals surface area contributed by atoms with E-state index >= 15 is 0 Å². The van der Waals surface area contributed by atoms with Crippen LogP contribution in [0, 0.1) is 13.8 Å². The van der Waals surface area contributed by atoms with E-state index in [4.69, 9.17) is 23.2 Å². The van der Waals surface area contributed by atoms with E-state index < -0.39 is 0 Å². The number of rotatable bonds is 5. The molecule has 1 N–H and O–H groups in total. The molecule has 0 saturated heterocycles. The number of hydrogen-bond donors (Lipinski definition) is 1. The predicted octanol–water partition coefficient (Wildman–Crippen LogP) is 3.64. The van der Waals surface area contributed by atoms with Gasteiger partial charge in [0.15, 0.2) is 5.16 Å². The number of carbonyl (C=O) groups is 1. The van der Waals surface area contributed by atoms with Crippen LogP contribution in [0.4, 0.5) is 0 Å². The smallest absolute Gasteiger partial charge is 0.250 e. The van der Waals surface area contributed by atoms with Crippen molar-refractivity contribution < 1.29 is 4.79 Å². The fourth-order valence-corrected chi connectivity index (χ4v) is 2.96. The number of nitrogens with one attached hydrogen (secondary N) is 1. The van der Waals surface area contributed by atoms with Crippen LogP contribution in [0.15, 0.2) is 34.5 Å². The molecule has 0 bridgehead atoms. The van der Waals surface area contributed by atoms with E-state index in [-0.39, 0.29) is 11.7 Å². The number of halogens is 2. The van der Waals surface area contributed by atoms with Crippen LogP contribution in [0.5, 0.6) is 0 Å². The molecule has 120 valence electrons. The first-order valence-corrected chi connectivity index (χ1v) is 8.41. The number of aromatic nitrogens is 2. The van der Waals surface area contributed by atoms with Gasteiger partial charge in [-0.3, -0.25) is 4.79 Å². The van der Waals surface area contributed by atoms with Gasteiger partial charge in [0.2, 0.25) is 0 Å². The molecule has 0 radical (unpaired) electrons. The lowest BCUT2D eigenvalue weighted by molar-refractivity contribution is -0.118. The Hall–Kier alpha value is -1.63. The van der Waals surface area contributed by atoms with Crippen molar-refractivity contribution in [3.05, 3.63) is 51.3 Å². The Kier molecular flexibility index (Phi) is 6.38. The third-order valence-electron chi connectivity index (χ3n) is 2.68. The highest BCUT2D eigenvalue weighted by Gasteiger charge is 2.06. The van der Waals surface area contributed by atoms with Gasteiger partial charge in [0.1, 0.15) is 0 Å². The van der Waals surface area contributed by atoms with Crippen LogP contribution in [0.2, 0.25) is 10.0 Å². The monoisotopic (exact) mass is 368 g/mol. The molecule has 1 aromatic heterocycles. The van der Waals surface area contributed by atoms with E-state index in [9.17, 15) is 4.79 Å². The molecule has 0 aliphatic rings. The van der Waals surface area contributed by atoms with Gasteiger partial charge in [0, 0.05) is 17.0 Å². The Morgan fingerprint density at radius 3 is 2.48 bits per heavy atom. The van der Waals surface area contributed by atoms with Crippen molar-refractivity contribution in [2.75, 3.05) is 5.75 Å². The van der Waals surface area contributed by atoms with Crippen molar-refractivity contribution in [3.63, 3.8) is 0 Å². The first kappa shape index (κ1) is 17.7. The zero-order valence-corrected chi connectivity index (χ0v) is 14.8. The SMILES string of the molecule is Cc1cc(C)nc(SCC(=O)N/N=C\c2c(Cl)cccc2Cl)n1. The molecule has 0 fully saturated rings. The van der Waals surface area contributed by atoms with Gasteiger partial charge < -0.3 is 0 Å². The van der Waals surface area contributed by atoms with Gasteiger partial charge in [-0.2, -0.15) is 5.10 Å². The van der Waals surface area contributed by atoms with E-state index in [1.807, 2.05) is 19.9 Å². The largest absolute Gasteiger partial charge is 0.272 e. The molecule has 1 heterocycles. The van der Waals surface area contributed by atoms with Crippen LogP contribution in [-0.4, -0.2) is 27.8 Å². The van der Waals surface area contributed by atoms with Gasteiger partial charge in [0.05, 0.1) is 22.0 Å². The number of carbonyl (C=O) groups excluding carboxylic acids is 1. The Morgan fingerprint density at radius 2 is 1.87 bits per heavy atom. The fourth-order valence-electron chi connectivity index (χ4n) is 1.72. The summed E-state index contributed by atoms with van der Waals surface area (Å²) in [5.41, 5.74) is 4.71. The average molecular weight is 369 g/mol. The maximum absolute atomic E-state index is 11.8. The average Bonchev–Trinajstić information content (AvgIpc) is 2.47. The number of hydrogen-bond acceptors (Lipinski definition) is 5. The summed E-state index contributed by atoms with van der Waals surface area (Å²) in [6, 6.07) is 7.01. The van der Waals surface area contributed by atoms with Gasteiger partial charge >= 0.3 is 0 Å². The van der Waals surface area contributed by atoms with Crippen LogP contribution in [0.1, 0.15) is 17.0 Å². The summed E-state index contributed by atoms with van der Waals surface area (Å²) in [6.45, 7) is 3.77. The van der Waals surface area contributed by atoms with Crippen molar-refractivity contribution in [1.29, 1.82) is 0 Å². The molecule has 8 heteroatoms. The van der Waals surface area contributed by atoms with E-state index in [0.29, 0.717) is 20.8 Å². The molecule has 5 nitrogen and oxygen atoms in total. The molecule has 23 heavy (non-hydrogen) atoms. The van der Waals surface area contributed by atoms with Gasteiger partial charge in [-0.15, -0.1) is 0 Å². The van der Waals surface area contributed by atoms with Crippen molar-refractivity contribution in [1.82, 2.24) is 15.4 Å². The number of thioether (sulfide) groups is 1. The van der Waals surface area contributed by atoms with Gasteiger partial charge in [-0.1, -0.05) is 41.0 Å². The van der Waals surface area contributed by atoms with E-state index in [1.165, 1.54) is 18.0 Å². The molecule has 2 rings (SSSR count). The van der Waals surface area contributed by atoms with Crippen LogP contribution in [-0.2, 0) is 4.79 Å². The molecule has 0 aliphatic heterocycles. The topological polar surface area (TPSA) is 67.2 Å². The molecule has 1 amide bonds. The highest BCUT2D eigenvalue weighted by molar-refractivity contribution is 7.99. The summed E-state index contributed by atoms with van der Waals surface area (Å²) in [5.74, 6) is -0.103. The van der Waals surface area contributed by atoms with E-state index in [1.54, 1.807) is 18.2 Å². The van der Waals surface area contributed by atoms with Crippen molar-refractivity contribution in [2.45, 2.75) is 19.0 Å². The third kappa shape index (κ3) is 5.49. The van der Waals surface area contributed by atoms with Gasteiger partial charge in [-0.25, -0.2) is 15.4 Å². The molecular formula is C15H14Cl2N4OS. The Bertz CT molecular complexity index is 712. The summed E-state index contributed by atoms with van der Waals surface area (Å²) < 4.78 is 0. The summed E-state index contributed by atoms with van der Waals surface area (Å²) in [7, 11) is 0. The summed E-state index contributed by atoms with van der Waals surface area (Å²) in [4.78, 5) is 20.3. The lowest BCUT2D eigenvalue weighted by Gasteiger charge is -2.03. The van der Waals surface area contributed by atoms with Crippen molar-refractivity contribution >= 4 is 47.1 Å². The molecule has 0 aliphatic carbocycles. The van der Waals surface area contributed by atoms with Crippen molar-refractivity contribution in [2.24, 2.45) is 5.10 Å². The second-order valence-corrected chi connectivity index (χ2v) is 6.41. The lowest BCUT2D eigenvalue weighted by Crippen LogP contribution is -2.19. The highest BCUT2D eigenvalue weighted by Crippen LogP contribution is 2.22. The number of amides is 1. The Labute approximate surface area is 148 Å². The van der Waals surface area contributed by atoms with Crippen molar-refractivity contribution in [3.8, 4) is 0 Å². The zero-order chi connectivity index (χ0) is 16.8. The highest BCUT2D eigenvalue weighted by atomic mass is 35.5. The minimum Gasteiger partial charge on any atom is -0.272 e. The molecule has 0 spiro atoms. The molecule has 0 unspecified atom stereocenters. The molecule has 0 saturated carbocycles. The summed E-state index contributed by atoms with van der Waals surface area (Å²) in [6.07, 6.45) is 1.42. The second-order valence-electron chi connectivity index (χ2n) is 4.65. The first-order chi connectivity index (χ1) is 11.0. The lowest BCUT2D eigenvalue weighted by atomic mass is 10.2. The van der Waals surface area contributed by atoms with Crippen LogP contribution < -0.4 is 5.43 Å². The van der Waals surface area contributed by atoms with Crippen LogP contribution >= 0.6 is 35.0 Å². The molecule has 1 aromatic carbocycles. The molecule has 0 atom stereocenters. The normalized spacial score (nSPS) is 11.0. The molecular weight excluding hydrogens is 355 g/mol. The van der Waals surface area contributed by atoms with Crippen LogP contribution in [0.25, 0.3) is 0 Å². The van der Waals surface area contributed by atoms with Gasteiger partial charge in [0.25, 0.3) is 5.91 Å². The van der Waals surface area contributed by atoms with Crippen LogP contribution in [0.3, 0.4) is 0 Å². The maximum Gasteiger partial charge on any atom is 0.250 e. The number of aryl methyl sites for hydroxylation is 2. The number of benzene rings is 1. The maximum atomic E-state index is 11.8. The zero-order valence-electron chi connectivity index (χ0n) is 12.5. The predicted molar refractivity (Wildman–Crippen MR) is 94.4 cm³/mol. The molecule has 2 aromatic rings. The summed E-state index contributed by atoms with van der Waals surface area (Å²) in [5, 5.41) is 5.36.